The van der Waals surface area contributed by atoms with Crippen LogP contribution in [0.25, 0.3) is 0 Å². The number of esters is 4. The minimum absolute atomic E-state index is 0.0612. The average molecular weight is 457 g/mol. The van der Waals surface area contributed by atoms with Crippen LogP contribution in [0.15, 0.2) is 35.2 Å². The van der Waals surface area contributed by atoms with Crippen LogP contribution in [-0.2, 0) is 38.1 Å². The van der Waals surface area contributed by atoms with Gasteiger partial charge in [0.1, 0.15) is 6.61 Å². The smallest absolute Gasteiger partial charge is 0.303 e. The van der Waals surface area contributed by atoms with Crippen molar-refractivity contribution in [3.05, 3.63) is 30.3 Å². The molecular formula is C20H24O8S2. The molecule has 10 heteroatoms. The SMILES string of the molecule is CC(=O)OC[C@H]1S[C@@H](Sc2ccccc2)[C@H](OC(C)=O)[C@@H](OC(C)=O)[C@@H]1OC(C)=O. The Hall–Kier alpha value is -2.20. The Morgan fingerprint density at radius 1 is 0.800 bits per heavy atom. The van der Waals surface area contributed by atoms with Gasteiger partial charge in [-0.05, 0) is 12.1 Å². The molecule has 5 atom stereocenters. The second kappa shape index (κ2) is 11.3. The highest BCUT2D eigenvalue weighted by Gasteiger charge is 2.51. The number of hydrogen-bond donors (Lipinski definition) is 0. The maximum Gasteiger partial charge on any atom is 0.303 e. The molecule has 1 saturated heterocycles. The highest BCUT2D eigenvalue weighted by molar-refractivity contribution is 8.17. The van der Waals surface area contributed by atoms with Crippen LogP contribution >= 0.6 is 23.5 Å². The Morgan fingerprint density at radius 3 is 1.87 bits per heavy atom. The summed E-state index contributed by atoms with van der Waals surface area (Å²) in [7, 11) is 0. The third-order valence-corrected chi connectivity index (χ3v) is 6.90. The van der Waals surface area contributed by atoms with Crippen LogP contribution in [0.2, 0.25) is 0 Å². The van der Waals surface area contributed by atoms with Crippen LogP contribution in [0.5, 0.6) is 0 Å². The summed E-state index contributed by atoms with van der Waals surface area (Å²) in [5.74, 6) is -2.26. The van der Waals surface area contributed by atoms with Gasteiger partial charge in [0.25, 0.3) is 0 Å². The van der Waals surface area contributed by atoms with Gasteiger partial charge in [0.15, 0.2) is 18.3 Å². The van der Waals surface area contributed by atoms with Gasteiger partial charge in [-0.1, -0.05) is 18.2 Å². The molecule has 0 aromatic heterocycles. The van der Waals surface area contributed by atoms with Gasteiger partial charge >= 0.3 is 23.9 Å². The van der Waals surface area contributed by atoms with Gasteiger partial charge in [0, 0.05) is 32.6 Å². The summed E-state index contributed by atoms with van der Waals surface area (Å²) in [4.78, 5) is 47.6. The molecule has 2 rings (SSSR count). The van der Waals surface area contributed by atoms with E-state index in [2.05, 4.69) is 0 Å². The van der Waals surface area contributed by atoms with Crippen LogP contribution in [-0.4, -0.2) is 58.6 Å². The van der Waals surface area contributed by atoms with Crippen molar-refractivity contribution in [2.75, 3.05) is 6.61 Å². The van der Waals surface area contributed by atoms with Gasteiger partial charge < -0.3 is 18.9 Å². The molecule has 0 unspecified atom stereocenters. The van der Waals surface area contributed by atoms with Gasteiger partial charge in [-0.25, -0.2) is 0 Å². The summed E-state index contributed by atoms with van der Waals surface area (Å²) in [6.45, 7) is 4.91. The number of rotatable bonds is 7. The summed E-state index contributed by atoms with van der Waals surface area (Å²) in [5.41, 5.74) is 0. The summed E-state index contributed by atoms with van der Waals surface area (Å²) in [6, 6.07) is 9.42. The third-order valence-electron chi connectivity index (χ3n) is 3.94. The first-order valence-electron chi connectivity index (χ1n) is 9.19. The Morgan fingerprint density at radius 2 is 1.33 bits per heavy atom. The van der Waals surface area contributed by atoms with Crippen molar-refractivity contribution >= 4 is 47.4 Å². The fourth-order valence-corrected chi connectivity index (χ4v) is 6.05. The molecule has 8 nitrogen and oxygen atoms in total. The maximum atomic E-state index is 11.8. The van der Waals surface area contributed by atoms with Crippen molar-refractivity contribution in [2.45, 2.75) is 60.7 Å². The number of carbonyl (C=O) groups excluding carboxylic acids is 4. The lowest BCUT2D eigenvalue weighted by molar-refractivity contribution is -0.183. The van der Waals surface area contributed by atoms with Gasteiger partial charge in [-0.2, -0.15) is 0 Å². The van der Waals surface area contributed by atoms with Crippen molar-refractivity contribution < 1.29 is 38.1 Å². The zero-order valence-corrected chi connectivity index (χ0v) is 18.7. The molecule has 164 valence electrons. The second-order valence-corrected chi connectivity index (χ2v) is 9.40. The van der Waals surface area contributed by atoms with Crippen LogP contribution < -0.4 is 0 Å². The van der Waals surface area contributed by atoms with E-state index in [4.69, 9.17) is 18.9 Å². The van der Waals surface area contributed by atoms with E-state index in [0.717, 1.165) is 4.90 Å². The quantitative estimate of drug-likeness (QED) is 0.449. The molecule has 0 aliphatic carbocycles. The normalized spacial score (nSPS) is 25.7. The summed E-state index contributed by atoms with van der Waals surface area (Å²) >= 11 is 2.76. The van der Waals surface area contributed by atoms with Crippen LogP contribution in [0, 0.1) is 0 Å². The first-order valence-corrected chi connectivity index (χ1v) is 11.0. The van der Waals surface area contributed by atoms with E-state index in [-0.39, 0.29) is 6.61 Å². The predicted molar refractivity (Wildman–Crippen MR) is 111 cm³/mol. The number of carbonyl (C=O) groups is 4. The fraction of sp³-hybridized carbons (Fsp3) is 0.500. The van der Waals surface area contributed by atoms with E-state index < -0.39 is 52.0 Å². The van der Waals surface area contributed by atoms with Gasteiger partial charge in [0.05, 0.1) is 9.83 Å². The maximum absolute atomic E-state index is 11.8. The lowest BCUT2D eigenvalue weighted by atomic mass is 10.0. The predicted octanol–water partition coefficient (Wildman–Crippen LogP) is 2.58. The van der Waals surface area contributed by atoms with Gasteiger partial charge in [0.2, 0.25) is 0 Å². The standard InChI is InChI=1S/C20H24O8S2/c1-11(21)25-10-16-17(26-12(2)22)18(27-13(3)23)19(28-14(4)24)20(30-16)29-15-8-6-5-7-9-15/h5-9,16-20H,10H2,1-4H3/t16-,17-,18+,19-,20-/m1/s1. The van der Waals surface area contributed by atoms with Crippen LogP contribution in [0.3, 0.4) is 0 Å². The Bertz CT molecular complexity index is 769. The second-order valence-electron chi connectivity index (χ2n) is 6.50. The Balaban J connectivity index is 2.42. The largest absolute Gasteiger partial charge is 0.465 e. The summed E-state index contributed by atoms with van der Waals surface area (Å²) in [6.07, 6.45) is -2.91. The molecule has 0 radical (unpaired) electrons. The van der Waals surface area contributed by atoms with Crippen molar-refractivity contribution in [1.29, 1.82) is 0 Å². The van der Waals surface area contributed by atoms with Crippen LogP contribution in [0.1, 0.15) is 27.7 Å². The minimum atomic E-state index is -1.06. The van der Waals surface area contributed by atoms with Gasteiger partial charge in [-0.3, -0.25) is 19.2 Å². The van der Waals surface area contributed by atoms with Crippen molar-refractivity contribution in [3.8, 4) is 0 Å². The highest BCUT2D eigenvalue weighted by Crippen LogP contribution is 2.45. The molecule has 0 saturated carbocycles. The fourth-order valence-electron chi connectivity index (χ4n) is 2.92. The molecule has 30 heavy (non-hydrogen) atoms. The van der Waals surface area contributed by atoms with E-state index in [0.29, 0.717) is 0 Å². The molecule has 1 aliphatic rings. The zero-order chi connectivity index (χ0) is 22.3. The van der Waals surface area contributed by atoms with E-state index in [1.807, 2.05) is 30.3 Å². The molecule has 1 heterocycles. The van der Waals surface area contributed by atoms with Crippen LogP contribution in [0.4, 0.5) is 0 Å². The number of hydrogen-bond acceptors (Lipinski definition) is 10. The molecule has 1 aromatic rings. The highest BCUT2D eigenvalue weighted by atomic mass is 32.2. The summed E-state index contributed by atoms with van der Waals surface area (Å²) < 4.78 is 21.2. The van der Waals surface area contributed by atoms with E-state index in [9.17, 15) is 19.2 Å². The molecule has 1 fully saturated rings. The lowest BCUT2D eigenvalue weighted by Crippen LogP contribution is -2.57. The first kappa shape index (κ1) is 24.1. The number of thioether (sulfide) groups is 2. The monoisotopic (exact) mass is 456 g/mol. The minimum Gasteiger partial charge on any atom is -0.465 e. The summed E-state index contributed by atoms with van der Waals surface area (Å²) in [5, 5.41) is -0.532. The van der Waals surface area contributed by atoms with Gasteiger partial charge in [-0.15, -0.1) is 23.5 Å². The first-order chi connectivity index (χ1) is 14.2. The molecular weight excluding hydrogens is 432 g/mol. The average Bonchev–Trinajstić information content (AvgIpc) is 2.64. The molecule has 0 N–H and O–H groups in total. The molecule has 0 bridgehead atoms. The van der Waals surface area contributed by atoms with E-state index >= 15 is 0 Å². The number of benzene rings is 1. The molecule has 1 aliphatic heterocycles. The van der Waals surface area contributed by atoms with E-state index in [1.165, 1.54) is 51.2 Å². The zero-order valence-electron chi connectivity index (χ0n) is 17.1. The van der Waals surface area contributed by atoms with Crippen molar-refractivity contribution in [3.63, 3.8) is 0 Å². The number of ether oxygens (including phenoxy) is 4. The van der Waals surface area contributed by atoms with Crippen molar-refractivity contribution in [1.82, 2.24) is 0 Å². The van der Waals surface area contributed by atoms with E-state index in [1.54, 1.807) is 0 Å². The Labute approximate surface area is 183 Å². The van der Waals surface area contributed by atoms with Crippen molar-refractivity contribution in [2.24, 2.45) is 0 Å². The lowest BCUT2D eigenvalue weighted by Gasteiger charge is -2.43. The third kappa shape index (κ3) is 7.24. The molecule has 1 aromatic carbocycles. The molecule has 0 amide bonds. The topological polar surface area (TPSA) is 105 Å². The Kier molecular flexibility index (Phi) is 9.04. The molecule has 0 spiro atoms.